The standard InChI is InChI=1S/C8H11N3O2/c1-2-13-8(12)6-4-3-5-10-7(6)11-9/h3-5H,2,9H2,1H3,(H,10,11). The second-order valence-corrected chi connectivity index (χ2v) is 2.26. The van der Waals surface area contributed by atoms with Gasteiger partial charge >= 0.3 is 5.97 Å². The lowest BCUT2D eigenvalue weighted by Crippen LogP contribution is -2.15. The minimum atomic E-state index is -0.427. The second kappa shape index (κ2) is 4.42. The summed E-state index contributed by atoms with van der Waals surface area (Å²) in [5, 5.41) is 0. The molecule has 0 radical (unpaired) electrons. The first kappa shape index (κ1) is 9.47. The number of hydrogen-bond donors (Lipinski definition) is 2. The zero-order chi connectivity index (χ0) is 9.68. The number of nitrogens with zero attached hydrogens (tertiary/aromatic N) is 1. The molecule has 3 N–H and O–H groups in total. The number of nitrogen functional groups attached to an aromatic ring is 1. The van der Waals surface area contributed by atoms with Crippen molar-refractivity contribution in [2.24, 2.45) is 5.84 Å². The number of carbonyl (C=O) groups is 1. The van der Waals surface area contributed by atoms with Crippen LogP contribution in [0.5, 0.6) is 0 Å². The number of ether oxygens (including phenoxy) is 1. The summed E-state index contributed by atoms with van der Waals surface area (Å²) in [5.74, 6) is 5.06. The van der Waals surface area contributed by atoms with E-state index in [0.29, 0.717) is 18.0 Å². The van der Waals surface area contributed by atoms with Crippen LogP contribution in [0.15, 0.2) is 18.3 Å². The summed E-state index contributed by atoms with van der Waals surface area (Å²) in [6.45, 7) is 2.07. The van der Waals surface area contributed by atoms with E-state index in [2.05, 4.69) is 10.4 Å². The Kier molecular flexibility index (Phi) is 3.22. The Balaban J connectivity index is 2.92. The number of carbonyl (C=O) groups excluding carboxylic acids is 1. The molecule has 0 fully saturated rings. The second-order valence-electron chi connectivity index (χ2n) is 2.26. The summed E-state index contributed by atoms with van der Waals surface area (Å²) in [6, 6.07) is 3.24. The van der Waals surface area contributed by atoms with Crippen LogP contribution in [-0.4, -0.2) is 17.6 Å². The van der Waals surface area contributed by atoms with Crippen LogP contribution in [0.3, 0.4) is 0 Å². The molecular weight excluding hydrogens is 170 g/mol. The van der Waals surface area contributed by atoms with E-state index in [1.54, 1.807) is 19.1 Å². The van der Waals surface area contributed by atoms with Crippen molar-refractivity contribution in [3.05, 3.63) is 23.9 Å². The molecular formula is C8H11N3O2. The number of aromatic nitrogens is 1. The fourth-order valence-corrected chi connectivity index (χ4v) is 0.894. The Hall–Kier alpha value is -1.62. The highest BCUT2D eigenvalue weighted by molar-refractivity contribution is 5.94. The molecule has 0 saturated heterocycles. The zero-order valence-corrected chi connectivity index (χ0v) is 7.28. The van der Waals surface area contributed by atoms with Gasteiger partial charge in [0, 0.05) is 6.20 Å². The topological polar surface area (TPSA) is 77.2 Å². The first-order valence-electron chi connectivity index (χ1n) is 3.88. The van der Waals surface area contributed by atoms with Gasteiger partial charge in [0.15, 0.2) is 5.82 Å². The first-order chi connectivity index (χ1) is 6.29. The largest absolute Gasteiger partial charge is 0.462 e. The molecule has 0 spiro atoms. The number of hydrazine groups is 1. The van der Waals surface area contributed by atoms with Crippen molar-refractivity contribution in [3.8, 4) is 0 Å². The van der Waals surface area contributed by atoms with Gasteiger partial charge in [0.2, 0.25) is 0 Å². The van der Waals surface area contributed by atoms with E-state index in [-0.39, 0.29) is 0 Å². The average molecular weight is 181 g/mol. The maximum absolute atomic E-state index is 11.3. The van der Waals surface area contributed by atoms with Gasteiger partial charge < -0.3 is 10.2 Å². The summed E-state index contributed by atoms with van der Waals surface area (Å²) in [7, 11) is 0. The SMILES string of the molecule is CCOC(=O)c1cccnc1NN. The summed E-state index contributed by atoms with van der Waals surface area (Å²) in [4.78, 5) is 15.1. The van der Waals surface area contributed by atoms with Crippen LogP contribution in [0, 0.1) is 0 Å². The highest BCUT2D eigenvalue weighted by atomic mass is 16.5. The molecule has 0 aliphatic heterocycles. The van der Waals surface area contributed by atoms with Crippen molar-refractivity contribution >= 4 is 11.8 Å². The lowest BCUT2D eigenvalue weighted by atomic mass is 10.2. The van der Waals surface area contributed by atoms with Crippen LogP contribution in [0.2, 0.25) is 0 Å². The number of pyridine rings is 1. The monoisotopic (exact) mass is 181 g/mol. The lowest BCUT2D eigenvalue weighted by Gasteiger charge is -2.05. The maximum atomic E-state index is 11.3. The third-order valence-corrected chi connectivity index (χ3v) is 1.44. The Bertz CT molecular complexity index is 301. The fourth-order valence-electron chi connectivity index (χ4n) is 0.894. The van der Waals surface area contributed by atoms with Gasteiger partial charge in [-0.05, 0) is 19.1 Å². The third-order valence-electron chi connectivity index (χ3n) is 1.44. The molecule has 1 heterocycles. The van der Waals surface area contributed by atoms with Gasteiger partial charge in [-0.2, -0.15) is 0 Å². The van der Waals surface area contributed by atoms with Crippen LogP contribution in [-0.2, 0) is 4.74 Å². The first-order valence-corrected chi connectivity index (χ1v) is 3.88. The third kappa shape index (κ3) is 2.16. The van der Waals surface area contributed by atoms with Crippen molar-refractivity contribution in [3.63, 3.8) is 0 Å². The number of hydrogen-bond acceptors (Lipinski definition) is 5. The smallest absolute Gasteiger partial charge is 0.341 e. The number of nitrogens with two attached hydrogens (primary N) is 1. The Morgan fingerprint density at radius 2 is 2.54 bits per heavy atom. The highest BCUT2D eigenvalue weighted by Gasteiger charge is 2.11. The molecule has 0 unspecified atom stereocenters. The van der Waals surface area contributed by atoms with E-state index >= 15 is 0 Å². The van der Waals surface area contributed by atoms with Gasteiger partial charge in [0.05, 0.1) is 6.61 Å². The molecule has 0 amide bonds. The average Bonchev–Trinajstić information content (AvgIpc) is 2.18. The lowest BCUT2D eigenvalue weighted by molar-refractivity contribution is 0.0527. The van der Waals surface area contributed by atoms with Gasteiger partial charge in [0.1, 0.15) is 5.56 Å². The summed E-state index contributed by atoms with van der Waals surface area (Å²) < 4.78 is 4.80. The van der Waals surface area contributed by atoms with Gasteiger partial charge in [-0.3, -0.25) is 0 Å². The molecule has 5 nitrogen and oxygen atoms in total. The zero-order valence-electron chi connectivity index (χ0n) is 7.28. The van der Waals surface area contributed by atoms with E-state index < -0.39 is 5.97 Å². The molecule has 1 aromatic heterocycles. The molecule has 0 atom stereocenters. The molecule has 0 aliphatic rings. The van der Waals surface area contributed by atoms with E-state index in [9.17, 15) is 4.79 Å². The minimum Gasteiger partial charge on any atom is -0.462 e. The highest BCUT2D eigenvalue weighted by Crippen LogP contribution is 2.10. The molecule has 1 aromatic rings. The van der Waals surface area contributed by atoms with Crippen molar-refractivity contribution in [1.29, 1.82) is 0 Å². The Morgan fingerprint density at radius 3 is 3.15 bits per heavy atom. The van der Waals surface area contributed by atoms with Crippen LogP contribution in [0.1, 0.15) is 17.3 Å². The molecule has 0 bridgehead atoms. The molecule has 1 rings (SSSR count). The molecule has 5 heteroatoms. The summed E-state index contributed by atoms with van der Waals surface area (Å²) >= 11 is 0. The molecule has 13 heavy (non-hydrogen) atoms. The summed E-state index contributed by atoms with van der Waals surface area (Å²) in [5.41, 5.74) is 2.66. The van der Waals surface area contributed by atoms with Crippen LogP contribution >= 0.6 is 0 Å². The van der Waals surface area contributed by atoms with Crippen LogP contribution in [0.4, 0.5) is 5.82 Å². The Morgan fingerprint density at radius 1 is 1.77 bits per heavy atom. The van der Waals surface area contributed by atoms with Gasteiger partial charge in [-0.15, -0.1) is 0 Å². The number of anilines is 1. The van der Waals surface area contributed by atoms with E-state index in [0.717, 1.165) is 0 Å². The fraction of sp³-hybridized carbons (Fsp3) is 0.250. The van der Waals surface area contributed by atoms with E-state index in [1.807, 2.05) is 0 Å². The predicted molar refractivity (Wildman–Crippen MR) is 48.0 cm³/mol. The maximum Gasteiger partial charge on any atom is 0.341 e. The van der Waals surface area contributed by atoms with Gasteiger partial charge in [-0.25, -0.2) is 15.6 Å². The van der Waals surface area contributed by atoms with E-state index in [4.69, 9.17) is 10.6 Å². The number of esters is 1. The van der Waals surface area contributed by atoms with Crippen molar-refractivity contribution in [1.82, 2.24) is 4.98 Å². The van der Waals surface area contributed by atoms with Crippen molar-refractivity contribution in [2.45, 2.75) is 6.92 Å². The van der Waals surface area contributed by atoms with Crippen LogP contribution in [0.25, 0.3) is 0 Å². The van der Waals surface area contributed by atoms with Crippen molar-refractivity contribution in [2.75, 3.05) is 12.0 Å². The number of nitrogens with one attached hydrogen (secondary N) is 1. The molecule has 70 valence electrons. The molecule has 0 aliphatic carbocycles. The summed E-state index contributed by atoms with van der Waals surface area (Å²) in [6.07, 6.45) is 1.54. The van der Waals surface area contributed by atoms with Crippen LogP contribution < -0.4 is 11.3 Å². The minimum absolute atomic E-state index is 0.320. The van der Waals surface area contributed by atoms with Crippen molar-refractivity contribution < 1.29 is 9.53 Å². The quantitative estimate of drug-likeness (QED) is 0.404. The van der Waals surface area contributed by atoms with Gasteiger partial charge in [0.25, 0.3) is 0 Å². The van der Waals surface area contributed by atoms with E-state index in [1.165, 1.54) is 6.20 Å². The predicted octanol–water partition coefficient (Wildman–Crippen LogP) is 0.544. The van der Waals surface area contributed by atoms with Gasteiger partial charge in [-0.1, -0.05) is 0 Å². The molecule has 0 saturated carbocycles. The Labute approximate surface area is 75.9 Å². The normalized spacial score (nSPS) is 9.38. The molecule has 0 aromatic carbocycles. The number of rotatable bonds is 3.